The number of aromatic nitrogens is 4. The zero-order valence-electron chi connectivity index (χ0n) is 17.7. The number of pyridine rings is 1. The van der Waals surface area contributed by atoms with Crippen molar-refractivity contribution in [3.8, 4) is 0 Å². The number of fused-ring (bicyclic) bond motifs is 3. The standard InChI is InChI=1S/C22H29N5O3S/c1-30-16-3-2-10-27(12-16)22(31(28)29)15-6-4-14(5-7-15)20-19-17-8-9-23-21(17)24-11-18(19)25-13-26-20/h8-9,11,13-16,22H,2-7,10,12H2,1H3,(H,25,26)(H,28,29)/p-1. The van der Waals surface area contributed by atoms with Gasteiger partial charge in [0.05, 0.1) is 29.5 Å². The number of methoxy groups -OCH3 is 1. The molecule has 3 unspecified atom stereocenters. The van der Waals surface area contributed by atoms with E-state index < -0.39 is 16.5 Å². The topological polar surface area (TPSA) is 107 Å². The lowest BCUT2D eigenvalue weighted by Crippen LogP contribution is -2.50. The molecule has 3 aromatic rings. The summed E-state index contributed by atoms with van der Waals surface area (Å²) in [7, 11) is 1.72. The van der Waals surface area contributed by atoms with Crippen LogP contribution in [0.3, 0.4) is 0 Å². The van der Waals surface area contributed by atoms with Gasteiger partial charge < -0.3 is 14.3 Å². The van der Waals surface area contributed by atoms with Crippen molar-refractivity contribution in [1.29, 1.82) is 0 Å². The van der Waals surface area contributed by atoms with Crippen molar-refractivity contribution in [1.82, 2.24) is 24.8 Å². The quantitative estimate of drug-likeness (QED) is 0.605. The fourth-order valence-electron chi connectivity index (χ4n) is 5.56. The number of ether oxygens (including phenoxy) is 1. The van der Waals surface area contributed by atoms with Crippen molar-refractivity contribution in [2.24, 2.45) is 5.92 Å². The van der Waals surface area contributed by atoms with Crippen molar-refractivity contribution in [3.05, 3.63) is 30.5 Å². The van der Waals surface area contributed by atoms with E-state index in [1.165, 1.54) is 5.69 Å². The van der Waals surface area contributed by atoms with Crippen LogP contribution in [0, 0.1) is 5.92 Å². The normalized spacial score (nSPS) is 27.5. The third kappa shape index (κ3) is 4.00. The number of nitrogens with zero attached hydrogens (tertiary/aromatic N) is 4. The largest absolute Gasteiger partial charge is 0.771 e. The van der Waals surface area contributed by atoms with E-state index in [9.17, 15) is 8.76 Å². The van der Waals surface area contributed by atoms with Gasteiger partial charge in [-0.3, -0.25) is 9.11 Å². The number of hydrogen-bond acceptors (Lipinski definition) is 7. The van der Waals surface area contributed by atoms with Gasteiger partial charge in [0.15, 0.2) is 5.65 Å². The van der Waals surface area contributed by atoms with Crippen molar-refractivity contribution in [3.63, 3.8) is 0 Å². The van der Waals surface area contributed by atoms with E-state index in [-0.39, 0.29) is 12.0 Å². The first-order valence-electron chi connectivity index (χ1n) is 11.1. The summed E-state index contributed by atoms with van der Waals surface area (Å²) in [5.74, 6) is 0.497. The highest BCUT2D eigenvalue weighted by molar-refractivity contribution is 7.79. The maximum absolute atomic E-state index is 12.2. The highest BCUT2D eigenvalue weighted by Crippen LogP contribution is 2.41. The van der Waals surface area contributed by atoms with E-state index in [0.717, 1.165) is 67.0 Å². The Morgan fingerprint density at radius 1 is 1.23 bits per heavy atom. The Morgan fingerprint density at radius 2 is 2.06 bits per heavy atom. The maximum atomic E-state index is 12.2. The molecule has 31 heavy (non-hydrogen) atoms. The lowest BCUT2D eigenvalue weighted by atomic mass is 9.79. The lowest BCUT2D eigenvalue weighted by molar-refractivity contribution is 0.0147. The first kappa shape index (κ1) is 20.9. The molecule has 0 radical (unpaired) electrons. The first-order chi connectivity index (χ1) is 15.2. The summed E-state index contributed by atoms with van der Waals surface area (Å²) in [6, 6.07) is 1.99. The van der Waals surface area contributed by atoms with Gasteiger partial charge in [-0.05, 0) is 74.1 Å². The molecular formula is C22H28N5O3S-. The first-order valence-corrected chi connectivity index (χ1v) is 12.2. The van der Waals surface area contributed by atoms with Gasteiger partial charge in [0.2, 0.25) is 0 Å². The monoisotopic (exact) mass is 442 g/mol. The lowest BCUT2D eigenvalue weighted by Gasteiger charge is -2.44. The fourth-order valence-corrected chi connectivity index (χ4v) is 6.58. The number of rotatable bonds is 5. The second-order valence-corrected chi connectivity index (χ2v) is 9.78. The van der Waals surface area contributed by atoms with Crippen LogP contribution >= 0.6 is 0 Å². The highest BCUT2D eigenvalue weighted by atomic mass is 32.2. The number of hydrogen-bond donors (Lipinski definition) is 1. The van der Waals surface area contributed by atoms with E-state index >= 15 is 0 Å². The Morgan fingerprint density at radius 3 is 2.84 bits per heavy atom. The van der Waals surface area contributed by atoms with Crippen LogP contribution in [-0.2, 0) is 15.8 Å². The van der Waals surface area contributed by atoms with Crippen LogP contribution in [0.25, 0.3) is 21.9 Å². The molecule has 0 spiro atoms. The maximum Gasteiger partial charge on any atom is 0.159 e. The van der Waals surface area contributed by atoms with Gasteiger partial charge in [-0.2, -0.15) is 0 Å². The number of likely N-dealkylation sites (tertiary alicyclic amines) is 1. The Balaban J connectivity index is 1.36. The molecule has 3 atom stereocenters. The van der Waals surface area contributed by atoms with Gasteiger partial charge in [0.25, 0.3) is 0 Å². The molecule has 0 amide bonds. The minimum Gasteiger partial charge on any atom is -0.771 e. The molecule has 2 fully saturated rings. The average molecular weight is 443 g/mol. The number of nitrogens with one attached hydrogen (secondary N) is 1. The molecule has 1 aliphatic carbocycles. The molecule has 3 aromatic heterocycles. The Kier molecular flexibility index (Phi) is 6.01. The summed E-state index contributed by atoms with van der Waals surface area (Å²) in [5.41, 5.74) is 2.78. The highest BCUT2D eigenvalue weighted by Gasteiger charge is 2.35. The molecule has 1 saturated heterocycles. The summed E-state index contributed by atoms with van der Waals surface area (Å²) >= 11 is -2.12. The summed E-state index contributed by atoms with van der Waals surface area (Å²) in [6.45, 7) is 1.53. The van der Waals surface area contributed by atoms with Crippen molar-refractivity contribution in [2.75, 3.05) is 20.2 Å². The van der Waals surface area contributed by atoms with Crippen LogP contribution in [0.2, 0.25) is 0 Å². The van der Waals surface area contributed by atoms with E-state index in [1.54, 1.807) is 25.8 Å². The summed E-state index contributed by atoms with van der Waals surface area (Å²) < 4.78 is 30.0. The smallest absolute Gasteiger partial charge is 0.159 e. The molecule has 0 bridgehead atoms. The van der Waals surface area contributed by atoms with Crippen molar-refractivity contribution >= 4 is 33.0 Å². The van der Waals surface area contributed by atoms with Gasteiger partial charge in [0.1, 0.15) is 0 Å². The zero-order valence-corrected chi connectivity index (χ0v) is 18.5. The predicted octanol–water partition coefficient (Wildman–Crippen LogP) is 3.10. The molecular weight excluding hydrogens is 414 g/mol. The molecule has 1 N–H and O–H groups in total. The van der Waals surface area contributed by atoms with Crippen LogP contribution in [0.4, 0.5) is 0 Å². The molecule has 5 rings (SSSR count). The van der Waals surface area contributed by atoms with Gasteiger partial charge in [0, 0.05) is 36.3 Å². The van der Waals surface area contributed by atoms with Gasteiger partial charge in [-0.25, -0.2) is 15.0 Å². The van der Waals surface area contributed by atoms with Crippen LogP contribution in [-0.4, -0.2) is 65.3 Å². The minimum atomic E-state index is -2.12. The van der Waals surface area contributed by atoms with Gasteiger partial charge >= 0.3 is 0 Å². The number of H-pyrrole nitrogens is 1. The third-order valence-electron chi connectivity index (χ3n) is 7.09. The van der Waals surface area contributed by atoms with Gasteiger partial charge in [-0.1, -0.05) is 0 Å². The predicted molar refractivity (Wildman–Crippen MR) is 118 cm³/mol. The number of piperidine rings is 1. The van der Waals surface area contributed by atoms with Crippen LogP contribution < -0.4 is 0 Å². The number of aromatic amines is 1. The Bertz CT molecular complexity index is 1080. The molecule has 9 heteroatoms. The third-order valence-corrected chi connectivity index (χ3v) is 8.17. The Hall–Kier alpha value is -1.94. The van der Waals surface area contributed by atoms with E-state index in [1.807, 2.05) is 6.07 Å². The fraction of sp³-hybridized carbons (Fsp3) is 0.591. The Labute approximate surface area is 184 Å². The molecule has 4 heterocycles. The molecule has 1 aliphatic heterocycles. The molecule has 0 aromatic carbocycles. The molecule has 1 saturated carbocycles. The van der Waals surface area contributed by atoms with Crippen molar-refractivity contribution in [2.45, 2.75) is 55.9 Å². The van der Waals surface area contributed by atoms with Gasteiger partial charge in [-0.15, -0.1) is 0 Å². The zero-order chi connectivity index (χ0) is 21.4. The molecule has 166 valence electrons. The van der Waals surface area contributed by atoms with Crippen LogP contribution in [0.15, 0.2) is 24.8 Å². The second kappa shape index (κ2) is 8.90. The molecule has 8 nitrogen and oxygen atoms in total. The van der Waals surface area contributed by atoms with E-state index in [0.29, 0.717) is 12.5 Å². The summed E-state index contributed by atoms with van der Waals surface area (Å²) in [6.07, 6.45) is 11.1. The molecule has 2 aliphatic rings. The van der Waals surface area contributed by atoms with E-state index in [4.69, 9.17) is 4.74 Å². The average Bonchev–Trinajstić information content (AvgIpc) is 3.28. The SMILES string of the molecule is COC1CCCN(C(C2CCC(c3[nH]cnc4cnc5nccc5c34)CC2)S(=O)[O-])C1. The second-order valence-electron chi connectivity index (χ2n) is 8.77. The summed E-state index contributed by atoms with van der Waals surface area (Å²) in [4.78, 5) is 18.7. The van der Waals surface area contributed by atoms with E-state index in [2.05, 4.69) is 24.8 Å². The summed E-state index contributed by atoms with van der Waals surface area (Å²) in [5, 5.41) is 1.69. The van der Waals surface area contributed by atoms with Crippen LogP contribution in [0.5, 0.6) is 0 Å². The van der Waals surface area contributed by atoms with Crippen LogP contribution in [0.1, 0.15) is 50.1 Å². The minimum absolute atomic E-state index is 0.128. The van der Waals surface area contributed by atoms with Crippen molar-refractivity contribution < 1.29 is 13.5 Å².